The number of aromatic nitrogens is 2. The lowest BCUT2D eigenvalue weighted by Crippen LogP contribution is -2.25. The number of carbonyl (C=O) groups excluding carboxylic acids is 1. The van der Waals surface area contributed by atoms with Crippen LogP contribution in [-0.4, -0.2) is 34.9 Å². The fourth-order valence-corrected chi connectivity index (χ4v) is 2.66. The molecule has 148 valence electrons. The van der Waals surface area contributed by atoms with Crippen molar-refractivity contribution in [2.75, 3.05) is 11.9 Å². The lowest BCUT2D eigenvalue weighted by Gasteiger charge is -2.09. The summed E-state index contributed by atoms with van der Waals surface area (Å²) < 4.78 is 23.4. The minimum Gasteiger partial charge on any atom is -0.349 e. The average molecular weight is 416 g/mol. The molecule has 29 heavy (non-hydrogen) atoms. The summed E-state index contributed by atoms with van der Waals surface area (Å²) in [5.74, 6) is -0.490. The number of amides is 1. The summed E-state index contributed by atoms with van der Waals surface area (Å²) in [6.07, 6.45) is -0.322. The highest BCUT2D eigenvalue weighted by Gasteiger charge is 2.26. The Hall–Kier alpha value is -3.30. The van der Waals surface area contributed by atoms with Crippen molar-refractivity contribution in [2.45, 2.75) is 12.8 Å². The van der Waals surface area contributed by atoms with Crippen molar-refractivity contribution >= 4 is 29.0 Å². The van der Waals surface area contributed by atoms with E-state index in [0.717, 1.165) is 0 Å². The minimum atomic E-state index is -0.534. The number of anilines is 1. The molecule has 1 saturated heterocycles. The van der Waals surface area contributed by atoms with Crippen LogP contribution in [0.1, 0.15) is 21.7 Å². The van der Waals surface area contributed by atoms with Crippen molar-refractivity contribution in [1.82, 2.24) is 15.6 Å². The van der Waals surface area contributed by atoms with E-state index in [1.807, 2.05) is 6.07 Å². The first-order valence-corrected chi connectivity index (χ1v) is 9.04. The molecule has 0 aliphatic carbocycles. The van der Waals surface area contributed by atoms with Crippen molar-refractivity contribution in [3.8, 4) is 0 Å². The van der Waals surface area contributed by atoms with E-state index < -0.39 is 5.82 Å². The van der Waals surface area contributed by atoms with Gasteiger partial charge in [-0.1, -0.05) is 35.0 Å². The normalized spacial score (nSPS) is 15.8. The molecule has 0 bridgehead atoms. The van der Waals surface area contributed by atoms with Crippen LogP contribution < -0.4 is 10.6 Å². The monoisotopic (exact) mass is 415 g/mol. The predicted molar refractivity (Wildman–Crippen MR) is 103 cm³/mol. The highest BCUT2D eigenvalue weighted by atomic mass is 35.5. The number of amidine groups is 1. The van der Waals surface area contributed by atoms with Gasteiger partial charge in [0, 0.05) is 11.3 Å². The van der Waals surface area contributed by atoms with Gasteiger partial charge in [-0.05, 0) is 35.5 Å². The Morgan fingerprint density at radius 2 is 2.03 bits per heavy atom. The van der Waals surface area contributed by atoms with Crippen LogP contribution in [0, 0.1) is 5.82 Å². The third-order valence-corrected chi connectivity index (χ3v) is 4.29. The van der Waals surface area contributed by atoms with Crippen LogP contribution in [0.4, 0.5) is 10.1 Å². The second-order valence-electron chi connectivity index (χ2n) is 6.13. The lowest BCUT2D eigenvalue weighted by atomic mass is 10.2. The number of carbonyl (C=O) groups is 1. The summed E-state index contributed by atoms with van der Waals surface area (Å²) in [4.78, 5) is 16.7. The van der Waals surface area contributed by atoms with Gasteiger partial charge in [0.05, 0.1) is 18.2 Å². The summed E-state index contributed by atoms with van der Waals surface area (Å²) in [7, 11) is 0. The van der Waals surface area contributed by atoms with Crippen LogP contribution >= 0.6 is 11.6 Å². The molecule has 0 saturated carbocycles. The molecule has 4 rings (SSSR count). The first kappa shape index (κ1) is 19.0. The molecule has 1 amide bonds. The molecule has 8 nitrogen and oxygen atoms in total. The van der Waals surface area contributed by atoms with Gasteiger partial charge in [-0.2, -0.15) is 0 Å². The quantitative estimate of drug-likeness (QED) is 0.364. The maximum absolute atomic E-state index is 13.4. The Balaban J connectivity index is 1.53. The number of halogens is 2. The van der Waals surface area contributed by atoms with Crippen molar-refractivity contribution < 1.29 is 18.6 Å². The predicted octanol–water partition coefficient (Wildman–Crippen LogP) is 3.01. The lowest BCUT2D eigenvalue weighted by molar-refractivity contribution is 0.0950. The average Bonchev–Trinajstić information content (AvgIpc) is 3.43. The first-order valence-electron chi connectivity index (χ1n) is 8.66. The molecule has 1 aromatic heterocycles. The van der Waals surface area contributed by atoms with Crippen LogP contribution in [0.25, 0.3) is 0 Å². The Morgan fingerprint density at radius 3 is 2.76 bits per heavy atom. The molecule has 1 unspecified atom stereocenters. The van der Waals surface area contributed by atoms with Crippen molar-refractivity contribution in [2.24, 2.45) is 4.99 Å². The van der Waals surface area contributed by atoms with E-state index >= 15 is 0 Å². The Bertz CT molecular complexity index is 1050. The second kappa shape index (κ2) is 8.38. The minimum absolute atomic E-state index is 0.0364. The van der Waals surface area contributed by atoms with E-state index in [2.05, 4.69) is 25.9 Å². The first-order chi connectivity index (χ1) is 14.1. The van der Waals surface area contributed by atoms with Gasteiger partial charge in [-0.25, -0.2) is 14.0 Å². The van der Waals surface area contributed by atoms with Crippen LogP contribution in [0.5, 0.6) is 0 Å². The largest absolute Gasteiger partial charge is 0.349 e. The van der Waals surface area contributed by atoms with E-state index in [1.54, 1.807) is 24.3 Å². The summed E-state index contributed by atoms with van der Waals surface area (Å²) >= 11 is 5.84. The highest BCUT2D eigenvalue weighted by molar-refractivity contribution is 6.31. The molecule has 0 spiro atoms. The van der Waals surface area contributed by atoms with Gasteiger partial charge in [-0.3, -0.25) is 4.79 Å². The maximum atomic E-state index is 13.4. The van der Waals surface area contributed by atoms with Crippen molar-refractivity contribution in [3.63, 3.8) is 0 Å². The zero-order valence-electron chi connectivity index (χ0n) is 14.9. The molecule has 1 aliphatic rings. The van der Waals surface area contributed by atoms with E-state index in [0.29, 0.717) is 35.1 Å². The number of rotatable bonds is 6. The standard InChI is InChI=1S/C19H15ClFN5O3/c20-13-8-12(6-7-14(13)21)23-18(24-16-10-28-16)17-15(25-29-26-17)9-22-19(27)11-4-2-1-3-5-11/h1-8,16H,9-10H2,(H,22,27)(H,23,24). The Morgan fingerprint density at radius 1 is 1.24 bits per heavy atom. The van der Waals surface area contributed by atoms with Crippen molar-refractivity contribution in [1.29, 1.82) is 0 Å². The second-order valence-corrected chi connectivity index (χ2v) is 6.54. The zero-order valence-corrected chi connectivity index (χ0v) is 15.7. The molecule has 2 heterocycles. The highest BCUT2D eigenvalue weighted by Crippen LogP contribution is 2.21. The summed E-state index contributed by atoms with van der Waals surface area (Å²) in [6, 6.07) is 12.9. The number of aliphatic imine (C=N–C) groups is 1. The third kappa shape index (κ3) is 4.76. The SMILES string of the molecule is O=C(NCc1nonc1C(=NC1CO1)Nc1ccc(F)c(Cl)c1)c1ccccc1. The van der Waals surface area contributed by atoms with Crippen LogP contribution in [0.3, 0.4) is 0 Å². The Kier molecular flexibility index (Phi) is 5.50. The molecule has 0 radical (unpaired) electrons. The van der Waals surface area contributed by atoms with Crippen molar-refractivity contribution in [3.05, 3.63) is 76.3 Å². The fraction of sp³-hybridized carbons (Fsp3) is 0.158. The molecule has 2 aromatic carbocycles. The van der Waals surface area contributed by atoms with Gasteiger partial charge >= 0.3 is 0 Å². The van der Waals surface area contributed by atoms with E-state index in [9.17, 15) is 9.18 Å². The molecule has 10 heteroatoms. The molecular formula is C19H15ClFN5O3. The van der Waals surface area contributed by atoms with Crippen LogP contribution in [-0.2, 0) is 11.3 Å². The number of hydrogen-bond donors (Lipinski definition) is 2. The number of nitrogens with one attached hydrogen (secondary N) is 2. The fourth-order valence-electron chi connectivity index (χ4n) is 2.48. The van der Waals surface area contributed by atoms with Gasteiger partial charge in [0.15, 0.2) is 17.8 Å². The molecule has 1 atom stereocenters. The summed E-state index contributed by atoms with van der Waals surface area (Å²) in [6.45, 7) is 0.545. The number of nitrogens with zero attached hydrogens (tertiary/aromatic N) is 3. The molecule has 1 aliphatic heterocycles. The van der Waals surface area contributed by atoms with Gasteiger partial charge < -0.3 is 15.4 Å². The maximum Gasteiger partial charge on any atom is 0.251 e. The van der Waals surface area contributed by atoms with Crippen LogP contribution in [0.2, 0.25) is 5.02 Å². The van der Waals surface area contributed by atoms with Gasteiger partial charge in [0.2, 0.25) is 0 Å². The number of ether oxygens (including phenoxy) is 1. The summed E-state index contributed by atoms with van der Waals surface area (Å²) in [5, 5.41) is 13.5. The van der Waals surface area contributed by atoms with Gasteiger partial charge in [0.25, 0.3) is 5.91 Å². The third-order valence-electron chi connectivity index (χ3n) is 4.00. The van der Waals surface area contributed by atoms with Crippen LogP contribution in [0.15, 0.2) is 58.2 Å². The number of benzene rings is 2. The smallest absolute Gasteiger partial charge is 0.251 e. The van der Waals surface area contributed by atoms with Gasteiger partial charge in [-0.15, -0.1) is 0 Å². The summed E-state index contributed by atoms with van der Waals surface area (Å²) in [5.41, 5.74) is 1.69. The Labute approximate surface area is 169 Å². The number of hydrogen-bond acceptors (Lipinski definition) is 6. The number of epoxide rings is 1. The topological polar surface area (TPSA) is 105 Å². The van der Waals surface area contributed by atoms with Gasteiger partial charge in [0.1, 0.15) is 11.5 Å². The molecule has 1 fully saturated rings. The zero-order chi connectivity index (χ0) is 20.2. The van der Waals surface area contributed by atoms with E-state index in [4.69, 9.17) is 21.0 Å². The molecule has 3 aromatic rings. The molecular weight excluding hydrogens is 401 g/mol. The molecule has 2 N–H and O–H groups in total. The van der Waals surface area contributed by atoms with E-state index in [-0.39, 0.29) is 23.7 Å². The van der Waals surface area contributed by atoms with E-state index in [1.165, 1.54) is 18.2 Å².